The summed E-state index contributed by atoms with van der Waals surface area (Å²) < 4.78 is 4.99. The summed E-state index contributed by atoms with van der Waals surface area (Å²) in [6.45, 7) is 0.247. The van der Waals surface area contributed by atoms with Gasteiger partial charge >= 0.3 is 5.97 Å². The Hall–Kier alpha value is -2.93. The van der Waals surface area contributed by atoms with Gasteiger partial charge in [-0.05, 0) is 42.8 Å². The zero-order valence-electron chi connectivity index (χ0n) is 13.8. The summed E-state index contributed by atoms with van der Waals surface area (Å²) in [5.74, 6) is -0.737. The number of nitrogens with zero attached hydrogens (tertiary/aromatic N) is 2. The molecule has 1 aromatic carbocycles. The molecule has 1 saturated heterocycles. The Morgan fingerprint density at radius 3 is 2.58 bits per heavy atom. The number of carbonyl (C=O) groups excluding carboxylic acids is 3. The number of ether oxygens (including phenoxy) is 1. The third-order valence-electron chi connectivity index (χ3n) is 3.82. The number of nitrogens with one attached hydrogen (secondary N) is 1. The van der Waals surface area contributed by atoms with Crippen molar-refractivity contribution >= 4 is 40.9 Å². The Morgan fingerprint density at radius 2 is 1.96 bits per heavy atom. The molecule has 0 saturated carbocycles. The van der Waals surface area contributed by atoms with Crippen LogP contribution in [0, 0.1) is 0 Å². The van der Waals surface area contributed by atoms with E-state index < -0.39 is 18.5 Å². The maximum atomic E-state index is 12.0. The summed E-state index contributed by atoms with van der Waals surface area (Å²) in [6.07, 6.45) is 2.78. The van der Waals surface area contributed by atoms with Crippen molar-refractivity contribution in [2.75, 3.05) is 23.4 Å². The van der Waals surface area contributed by atoms with Crippen LogP contribution in [0.2, 0.25) is 5.02 Å². The van der Waals surface area contributed by atoms with E-state index in [0.29, 0.717) is 29.4 Å². The number of rotatable bonds is 5. The SMILES string of the molecule is O=C(COC(=O)c1ccc(N2CCCC2=O)cc1)Nc1ccc(Cl)cn1. The first-order chi connectivity index (χ1) is 12.5. The lowest BCUT2D eigenvalue weighted by Gasteiger charge is -2.15. The number of hydrogen-bond acceptors (Lipinski definition) is 5. The van der Waals surface area contributed by atoms with Gasteiger partial charge in [0.05, 0.1) is 10.6 Å². The zero-order valence-corrected chi connectivity index (χ0v) is 14.5. The number of halogens is 1. The maximum absolute atomic E-state index is 12.0. The largest absolute Gasteiger partial charge is 0.452 e. The summed E-state index contributed by atoms with van der Waals surface area (Å²) in [7, 11) is 0. The number of benzene rings is 1. The quantitative estimate of drug-likeness (QED) is 0.814. The smallest absolute Gasteiger partial charge is 0.338 e. The molecule has 0 spiro atoms. The average Bonchev–Trinajstić information content (AvgIpc) is 3.08. The van der Waals surface area contributed by atoms with Crippen molar-refractivity contribution < 1.29 is 19.1 Å². The van der Waals surface area contributed by atoms with E-state index in [1.807, 2.05) is 0 Å². The standard InChI is InChI=1S/C18H16ClN3O4/c19-13-5-8-15(20-10-13)21-16(23)11-26-18(25)12-3-6-14(7-4-12)22-9-1-2-17(22)24/h3-8,10H,1-2,9,11H2,(H,20,21,23). The molecular formula is C18H16ClN3O4. The lowest BCUT2D eigenvalue weighted by atomic mass is 10.2. The summed E-state index contributed by atoms with van der Waals surface area (Å²) in [4.78, 5) is 41.1. The second-order valence-corrected chi connectivity index (χ2v) is 6.12. The summed E-state index contributed by atoms with van der Waals surface area (Å²) >= 11 is 5.71. The Labute approximate surface area is 154 Å². The minimum atomic E-state index is -0.622. The van der Waals surface area contributed by atoms with Crippen LogP contribution in [0.5, 0.6) is 0 Å². The summed E-state index contributed by atoms with van der Waals surface area (Å²) in [6, 6.07) is 9.65. The lowest BCUT2D eigenvalue weighted by Crippen LogP contribution is -2.23. The topological polar surface area (TPSA) is 88.6 Å². The van der Waals surface area contributed by atoms with Crippen molar-refractivity contribution in [2.45, 2.75) is 12.8 Å². The van der Waals surface area contributed by atoms with Crippen LogP contribution in [0.3, 0.4) is 0 Å². The van der Waals surface area contributed by atoms with E-state index in [4.69, 9.17) is 16.3 Å². The monoisotopic (exact) mass is 373 g/mol. The highest BCUT2D eigenvalue weighted by atomic mass is 35.5. The molecule has 7 nitrogen and oxygen atoms in total. The van der Waals surface area contributed by atoms with Crippen LogP contribution < -0.4 is 10.2 Å². The number of anilines is 2. The fourth-order valence-electron chi connectivity index (χ4n) is 2.54. The molecule has 134 valence electrons. The van der Waals surface area contributed by atoms with E-state index in [1.54, 1.807) is 41.3 Å². The molecule has 0 aliphatic carbocycles. The Kier molecular flexibility index (Phi) is 5.48. The molecule has 1 N–H and O–H groups in total. The molecule has 1 aliphatic rings. The first-order valence-corrected chi connectivity index (χ1v) is 8.40. The van der Waals surface area contributed by atoms with Crippen LogP contribution in [0.25, 0.3) is 0 Å². The number of hydrogen-bond donors (Lipinski definition) is 1. The van der Waals surface area contributed by atoms with E-state index >= 15 is 0 Å². The molecule has 2 aromatic rings. The summed E-state index contributed by atoms with van der Waals surface area (Å²) in [5, 5.41) is 2.95. The molecule has 1 fully saturated rings. The van der Waals surface area contributed by atoms with Crippen LogP contribution >= 0.6 is 11.6 Å². The fraction of sp³-hybridized carbons (Fsp3) is 0.222. The number of pyridine rings is 1. The van der Waals surface area contributed by atoms with E-state index in [-0.39, 0.29) is 5.91 Å². The molecule has 2 amide bonds. The van der Waals surface area contributed by atoms with Crippen LogP contribution in [0.1, 0.15) is 23.2 Å². The van der Waals surface area contributed by atoms with Crippen LogP contribution in [0.15, 0.2) is 42.6 Å². The van der Waals surface area contributed by atoms with E-state index in [2.05, 4.69) is 10.3 Å². The molecule has 8 heteroatoms. The van der Waals surface area contributed by atoms with Gasteiger partial charge in [0.1, 0.15) is 5.82 Å². The van der Waals surface area contributed by atoms with E-state index in [9.17, 15) is 14.4 Å². The van der Waals surface area contributed by atoms with Gasteiger partial charge in [-0.3, -0.25) is 9.59 Å². The van der Waals surface area contributed by atoms with Gasteiger partial charge < -0.3 is 15.0 Å². The van der Waals surface area contributed by atoms with Crippen LogP contribution in [-0.2, 0) is 14.3 Å². The highest BCUT2D eigenvalue weighted by molar-refractivity contribution is 6.30. The molecule has 1 aliphatic heterocycles. The number of carbonyl (C=O) groups is 3. The molecule has 2 heterocycles. The van der Waals surface area contributed by atoms with Gasteiger partial charge in [-0.1, -0.05) is 11.6 Å². The molecule has 0 unspecified atom stereocenters. The second kappa shape index (κ2) is 7.97. The first kappa shape index (κ1) is 17.9. The van der Waals surface area contributed by atoms with E-state index in [0.717, 1.165) is 12.1 Å². The fourth-order valence-corrected chi connectivity index (χ4v) is 2.65. The van der Waals surface area contributed by atoms with Gasteiger partial charge in [-0.2, -0.15) is 0 Å². The molecule has 3 rings (SSSR count). The molecule has 0 atom stereocenters. The van der Waals surface area contributed by atoms with Gasteiger partial charge in [0.25, 0.3) is 5.91 Å². The molecule has 26 heavy (non-hydrogen) atoms. The van der Waals surface area contributed by atoms with Gasteiger partial charge in [0, 0.05) is 24.8 Å². The van der Waals surface area contributed by atoms with Crippen LogP contribution in [-0.4, -0.2) is 35.9 Å². The third-order valence-corrected chi connectivity index (χ3v) is 4.04. The Morgan fingerprint density at radius 1 is 1.19 bits per heavy atom. The normalized spacial score (nSPS) is 13.6. The minimum absolute atomic E-state index is 0.0767. The number of esters is 1. The highest BCUT2D eigenvalue weighted by Gasteiger charge is 2.21. The van der Waals surface area contributed by atoms with Crippen molar-refractivity contribution in [1.29, 1.82) is 0 Å². The number of aromatic nitrogens is 1. The minimum Gasteiger partial charge on any atom is -0.452 e. The van der Waals surface area contributed by atoms with Gasteiger partial charge in [0.2, 0.25) is 5.91 Å². The molecular weight excluding hydrogens is 358 g/mol. The predicted molar refractivity (Wildman–Crippen MR) is 96.2 cm³/mol. The lowest BCUT2D eigenvalue weighted by molar-refractivity contribution is -0.119. The van der Waals surface area contributed by atoms with Crippen molar-refractivity contribution in [3.8, 4) is 0 Å². The Bertz CT molecular complexity index is 821. The number of amides is 2. The third kappa shape index (κ3) is 4.37. The predicted octanol–water partition coefficient (Wildman–Crippen LogP) is 2.66. The Balaban J connectivity index is 1.52. The van der Waals surface area contributed by atoms with Crippen LogP contribution in [0.4, 0.5) is 11.5 Å². The zero-order chi connectivity index (χ0) is 18.5. The van der Waals surface area contributed by atoms with Crippen molar-refractivity contribution in [2.24, 2.45) is 0 Å². The van der Waals surface area contributed by atoms with Gasteiger partial charge in [0.15, 0.2) is 6.61 Å². The molecule has 0 radical (unpaired) electrons. The van der Waals surface area contributed by atoms with Gasteiger partial charge in [-0.15, -0.1) is 0 Å². The van der Waals surface area contributed by atoms with Crippen molar-refractivity contribution in [3.05, 3.63) is 53.2 Å². The molecule has 1 aromatic heterocycles. The van der Waals surface area contributed by atoms with E-state index in [1.165, 1.54) is 6.20 Å². The van der Waals surface area contributed by atoms with Gasteiger partial charge in [-0.25, -0.2) is 9.78 Å². The maximum Gasteiger partial charge on any atom is 0.338 e. The molecule has 0 bridgehead atoms. The van der Waals surface area contributed by atoms with Crippen molar-refractivity contribution in [3.63, 3.8) is 0 Å². The second-order valence-electron chi connectivity index (χ2n) is 5.68. The first-order valence-electron chi connectivity index (χ1n) is 8.02. The highest BCUT2D eigenvalue weighted by Crippen LogP contribution is 2.21. The van der Waals surface area contributed by atoms with Crippen molar-refractivity contribution in [1.82, 2.24) is 4.98 Å². The summed E-state index contributed by atoms with van der Waals surface area (Å²) in [5.41, 5.74) is 1.05. The average molecular weight is 374 g/mol.